The van der Waals surface area contributed by atoms with Crippen molar-refractivity contribution in [3.63, 3.8) is 0 Å². The lowest BCUT2D eigenvalue weighted by Crippen LogP contribution is -2.27. The molecule has 1 aromatic rings. The first-order chi connectivity index (χ1) is 13.5. The molecule has 1 aliphatic heterocycles. The van der Waals surface area contributed by atoms with Gasteiger partial charge in [-0.2, -0.15) is 0 Å². The van der Waals surface area contributed by atoms with Crippen molar-refractivity contribution in [1.82, 2.24) is 5.32 Å². The average Bonchev–Trinajstić information content (AvgIpc) is 2.93. The third kappa shape index (κ3) is 5.23. The Morgan fingerprint density at radius 1 is 1.00 bits per heavy atom. The Kier molecular flexibility index (Phi) is 7.38. The summed E-state index contributed by atoms with van der Waals surface area (Å²) in [7, 11) is 2.49. The van der Waals surface area contributed by atoms with Crippen LogP contribution in [-0.4, -0.2) is 45.2 Å². The number of allylic oxidation sites excluding steroid dienone is 2. The van der Waals surface area contributed by atoms with Crippen molar-refractivity contribution in [3.8, 4) is 5.75 Å². The second-order valence-electron chi connectivity index (χ2n) is 5.64. The number of nitrogens with one attached hydrogen (secondary N) is 1. The Labute approximate surface area is 163 Å². The number of anilines is 1. The van der Waals surface area contributed by atoms with Gasteiger partial charge in [-0.05, 0) is 36.4 Å². The van der Waals surface area contributed by atoms with Crippen LogP contribution in [0.2, 0.25) is 0 Å². The fraction of sp³-hybridized carbons (Fsp3) is 0.250. The summed E-state index contributed by atoms with van der Waals surface area (Å²) in [6, 6.07) is 6.92. The van der Waals surface area contributed by atoms with Gasteiger partial charge in [0.1, 0.15) is 18.1 Å². The predicted molar refractivity (Wildman–Crippen MR) is 102 cm³/mol. The average molecular weight is 386 g/mol. The van der Waals surface area contributed by atoms with Gasteiger partial charge in [-0.1, -0.05) is 6.08 Å². The molecule has 1 heterocycles. The van der Waals surface area contributed by atoms with Crippen LogP contribution in [0.1, 0.15) is 6.92 Å². The fourth-order valence-electron chi connectivity index (χ4n) is 2.46. The van der Waals surface area contributed by atoms with Crippen LogP contribution in [0.4, 0.5) is 5.69 Å². The molecule has 8 nitrogen and oxygen atoms in total. The first kappa shape index (κ1) is 20.8. The zero-order valence-corrected chi connectivity index (χ0v) is 15.9. The smallest absolute Gasteiger partial charge is 0.355 e. The van der Waals surface area contributed by atoms with Gasteiger partial charge in [0.15, 0.2) is 0 Å². The van der Waals surface area contributed by atoms with Crippen molar-refractivity contribution in [1.29, 1.82) is 0 Å². The van der Waals surface area contributed by atoms with Crippen molar-refractivity contribution in [3.05, 3.63) is 60.0 Å². The van der Waals surface area contributed by atoms with E-state index < -0.39 is 11.9 Å². The third-order valence-corrected chi connectivity index (χ3v) is 3.75. The lowest BCUT2D eigenvalue weighted by molar-refractivity contribution is -0.139. The maximum Gasteiger partial charge on any atom is 0.355 e. The van der Waals surface area contributed by atoms with Crippen LogP contribution in [0.5, 0.6) is 5.75 Å². The summed E-state index contributed by atoms with van der Waals surface area (Å²) < 4.78 is 15.2. The van der Waals surface area contributed by atoms with E-state index in [2.05, 4.69) is 5.32 Å². The first-order valence-corrected chi connectivity index (χ1v) is 8.50. The van der Waals surface area contributed by atoms with Crippen LogP contribution in [0.3, 0.4) is 0 Å². The van der Waals surface area contributed by atoms with Crippen molar-refractivity contribution in [2.24, 2.45) is 0 Å². The lowest BCUT2D eigenvalue weighted by atomic mass is 10.1. The molecule has 0 spiro atoms. The molecule has 1 amide bonds. The number of nitrogens with zero attached hydrogens (tertiary/aromatic N) is 1. The number of rotatable bonds is 7. The topological polar surface area (TPSA) is 94.2 Å². The largest absolute Gasteiger partial charge is 0.492 e. The molecule has 0 fully saturated rings. The first-order valence-electron chi connectivity index (χ1n) is 8.50. The fourth-order valence-corrected chi connectivity index (χ4v) is 2.46. The molecule has 0 aliphatic carbocycles. The predicted octanol–water partition coefficient (Wildman–Crippen LogP) is 1.69. The molecule has 28 heavy (non-hydrogen) atoms. The van der Waals surface area contributed by atoms with Gasteiger partial charge in [0.05, 0.1) is 26.3 Å². The van der Waals surface area contributed by atoms with E-state index in [-0.39, 0.29) is 17.2 Å². The number of methoxy groups -OCH3 is 2. The summed E-state index contributed by atoms with van der Waals surface area (Å²) in [5, 5.41) is 2.64. The van der Waals surface area contributed by atoms with Gasteiger partial charge in [-0.3, -0.25) is 4.79 Å². The molecule has 8 heteroatoms. The number of hydrogen-bond acceptors (Lipinski definition) is 7. The highest BCUT2D eigenvalue weighted by molar-refractivity contribution is 6.05. The minimum atomic E-state index is -0.674. The molecule has 0 saturated heterocycles. The van der Waals surface area contributed by atoms with E-state index in [0.717, 1.165) is 0 Å². The number of benzene rings is 1. The molecular formula is C20H22N2O6. The third-order valence-electron chi connectivity index (χ3n) is 3.75. The van der Waals surface area contributed by atoms with E-state index in [9.17, 15) is 14.4 Å². The van der Waals surface area contributed by atoms with Crippen LogP contribution in [-0.2, 0) is 23.9 Å². The Hall–Kier alpha value is -3.55. The van der Waals surface area contributed by atoms with E-state index in [1.807, 2.05) is 0 Å². The number of hydrogen-bond donors (Lipinski definition) is 1. The minimum absolute atomic E-state index is 0.0404. The summed E-state index contributed by atoms with van der Waals surface area (Å²) >= 11 is 0. The zero-order valence-electron chi connectivity index (χ0n) is 15.9. The molecule has 0 bridgehead atoms. The minimum Gasteiger partial charge on any atom is -0.492 e. The molecule has 1 N–H and O–H groups in total. The van der Waals surface area contributed by atoms with Gasteiger partial charge in [-0.15, -0.1) is 0 Å². The zero-order chi connectivity index (χ0) is 20.5. The molecule has 0 atom stereocenters. The number of carbonyl (C=O) groups is 3. The Bertz CT molecular complexity index is 824. The van der Waals surface area contributed by atoms with Gasteiger partial charge in [0, 0.05) is 18.8 Å². The van der Waals surface area contributed by atoms with Crippen LogP contribution in [0.15, 0.2) is 60.0 Å². The SMILES string of the molecule is COC(=O)C1=C(C(=O)OC)N(c2ccc(OCCNC(C)=O)cc2)C=CC=C1. The molecule has 0 aromatic heterocycles. The lowest BCUT2D eigenvalue weighted by Gasteiger charge is -2.23. The Morgan fingerprint density at radius 3 is 2.29 bits per heavy atom. The molecule has 0 unspecified atom stereocenters. The van der Waals surface area contributed by atoms with Gasteiger partial charge in [0.2, 0.25) is 5.91 Å². The normalized spacial score (nSPS) is 13.0. The standard InChI is InChI=1S/C20H22N2O6/c1-14(23)21-11-13-28-16-9-7-15(8-10-16)22-12-5-4-6-17(19(24)26-2)18(22)20(25)27-3/h4-10,12H,11,13H2,1-3H3,(H,21,23). The van der Waals surface area contributed by atoms with E-state index in [4.69, 9.17) is 14.2 Å². The van der Waals surface area contributed by atoms with E-state index in [1.54, 1.807) is 47.5 Å². The number of carbonyl (C=O) groups excluding carboxylic acids is 3. The van der Waals surface area contributed by atoms with Crippen molar-refractivity contribution >= 4 is 23.5 Å². The quantitative estimate of drug-likeness (QED) is 0.563. The molecule has 1 aliphatic rings. The van der Waals surface area contributed by atoms with Gasteiger partial charge in [-0.25, -0.2) is 9.59 Å². The van der Waals surface area contributed by atoms with Crippen molar-refractivity contribution in [2.75, 3.05) is 32.3 Å². The summed E-state index contributed by atoms with van der Waals surface area (Å²) in [5.41, 5.74) is 0.740. The van der Waals surface area contributed by atoms with Crippen LogP contribution < -0.4 is 15.0 Å². The molecule has 0 radical (unpaired) electrons. The van der Waals surface area contributed by atoms with Crippen LogP contribution >= 0.6 is 0 Å². The maximum absolute atomic E-state index is 12.4. The van der Waals surface area contributed by atoms with Gasteiger partial charge in [0.25, 0.3) is 0 Å². The summed E-state index contributed by atoms with van der Waals surface area (Å²) in [5.74, 6) is -0.845. The van der Waals surface area contributed by atoms with E-state index >= 15 is 0 Å². The van der Waals surface area contributed by atoms with Crippen molar-refractivity contribution < 1.29 is 28.6 Å². The van der Waals surface area contributed by atoms with Gasteiger partial charge >= 0.3 is 11.9 Å². The summed E-state index contributed by atoms with van der Waals surface area (Å²) in [6.07, 6.45) is 6.46. The second kappa shape index (κ2) is 9.96. The molecule has 148 valence electrons. The number of amides is 1. The molecule has 1 aromatic carbocycles. The number of esters is 2. The molecule has 0 saturated carbocycles. The number of ether oxygens (including phenoxy) is 3. The molecule has 2 rings (SSSR count). The van der Waals surface area contributed by atoms with E-state index in [1.165, 1.54) is 27.2 Å². The van der Waals surface area contributed by atoms with Gasteiger partial charge < -0.3 is 24.4 Å². The summed E-state index contributed by atoms with van der Waals surface area (Å²) in [4.78, 5) is 36.9. The van der Waals surface area contributed by atoms with E-state index in [0.29, 0.717) is 24.6 Å². The summed E-state index contributed by atoms with van der Waals surface area (Å²) in [6.45, 7) is 2.16. The highest BCUT2D eigenvalue weighted by Gasteiger charge is 2.27. The Balaban J connectivity index is 2.27. The molecular weight excluding hydrogens is 364 g/mol. The second-order valence-corrected chi connectivity index (χ2v) is 5.64. The Morgan fingerprint density at radius 2 is 1.68 bits per heavy atom. The van der Waals surface area contributed by atoms with Crippen LogP contribution in [0, 0.1) is 0 Å². The van der Waals surface area contributed by atoms with Crippen molar-refractivity contribution in [2.45, 2.75) is 6.92 Å². The monoisotopic (exact) mass is 386 g/mol. The highest BCUT2D eigenvalue weighted by Crippen LogP contribution is 2.27. The van der Waals surface area contributed by atoms with Crippen LogP contribution in [0.25, 0.3) is 0 Å². The maximum atomic E-state index is 12.4. The highest BCUT2D eigenvalue weighted by atomic mass is 16.5.